The van der Waals surface area contributed by atoms with Gasteiger partial charge in [-0.1, -0.05) is 201 Å². The standard InChI is InChI=1S/C42H82O5/c1-5-39(4)33-29-25-21-18-19-23-27-31-35-42(45)47-37-40(43)36-46-41(44)34-30-26-22-17-15-13-11-9-7-6-8-10-12-14-16-20-24-28-32-38(2)3/h38-40,43H,5-37H2,1-4H3/t39?,40-/m0/s1. The molecule has 0 rings (SSSR count). The lowest BCUT2D eigenvalue weighted by atomic mass is 9.99. The molecule has 0 aromatic heterocycles. The predicted molar refractivity (Wildman–Crippen MR) is 201 cm³/mol. The van der Waals surface area contributed by atoms with Gasteiger partial charge in [0.2, 0.25) is 0 Å². The highest BCUT2D eigenvalue weighted by Crippen LogP contribution is 2.17. The molecule has 0 spiro atoms. The average Bonchev–Trinajstić information content (AvgIpc) is 3.05. The van der Waals surface area contributed by atoms with Crippen LogP contribution in [0.4, 0.5) is 0 Å². The third kappa shape index (κ3) is 37.6. The Morgan fingerprint density at radius 1 is 0.447 bits per heavy atom. The molecular weight excluding hydrogens is 584 g/mol. The van der Waals surface area contributed by atoms with Crippen LogP contribution in [0.3, 0.4) is 0 Å². The van der Waals surface area contributed by atoms with Crippen LogP contribution in [0.1, 0.15) is 227 Å². The third-order valence-electron chi connectivity index (χ3n) is 9.81. The van der Waals surface area contributed by atoms with Gasteiger partial charge < -0.3 is 14.6 Å². The normalized spacial score (nSPS) is 12.8. The second-order valence-corrected chi connectivity index (χ2v) is 15.2. The molecule has 0 aromatic carbocycles. The highest BCUT2D eigenvalue weighted by Gasteiger charge is 2.12. The maximum absolute atomic E-state index is 12.0. The SMILES string of the molecule is CCC(C)CCCCCCCCCCC(=O)OC[C@@H](O)COC(=O)CCCCCCCCCCCCCCCCCCCCC(C)C. The molecule has 0 heterocycles. The molecule has 0 radical (unpaired) electrons. The molecule has 0 aromatic rings. The molecule has 0 aliphatic carbocycles. The van der Waals surface area contributed by atoms with Gasteiger partial charge in [-0.3, -0.25) is 9.59 Å². The predicted octanol–water partition coefficient (Wildman–Crippen LogP) is 12.8. The summed E-state index contributed by atoms with van der Waals surface area (Å²) in [4.78, 5) is 23.9. The number of esters is 2. The van der Waals surface area contributed by atoms with Crippen molar-refractivity contribution < 1.29 is 24.2 Å². The van der Waals surface area contributed by atoms with Crippen LogP contribution in [-0.2, 0) is 19.1 Å². The highest BCUT2D eigenvalue weighted by atomic mass is 16.6. The van der Waals surface area contributed by atoms with Crippen molar-refractivity contribution >= 4 is 11.9 Å². The van der Waals surface area contributed by atoms with Crippen LogP contribution in [0.5, 0.6) is 0 Å². The van der Waals surface area contributed by atoms with E-state index >= 15 is 0 Å². The summed E-state index contributed by atoms with van der Waals surface area (Å²) in [6, 6.07) is 0. The van der Waals surface area contributed by atoms with E-state index in [0.717, 1.165) is 43.9 Å². The minimum atomic E-state index is -0.956. The summed E-state index contributed by atoms with van der Waals surface area (Å²) in [5.41, 5.74) is 0. The van der Waals surface area contributed by atoms with E-state index in [9.17, 15) is 14.7 Å². The molecule has 0 fully saturated rings. The Kier molecular flexibility index (Phi) is 35.3. The number of rotatable bonds is 37. The van der Waals surface area contributed by atoms with E-state index < -0.39 is 6.10 Å². The van der Waals surface area contributed by atoms with Gasteiger partial charge >= 0.3 is 11.9 Å². The Morgan fingerprint density at radius 2 is 0.723 bits per heavy atom. The first-order valence-corrected chi connectivity index (χ1v) is 20.8. The fraction of sp³-hybridized carbons (Fsp3) is 0.952. The second-order valence-electron chi connectivity index (χ2n) is 15.2. The van der Waals surface area contributed by atoms with Gasteiger partial charge in [-0.15, -0.1) is 0 Å². The largest absolute Gasteiger partial charge is 0.463 e. The molecule has 47 heavy (non-hydrogen) atoms. The minimum absolute atomic E-state index is 0.109. The fourth-order valence-electron chi connectivity index (χ4n) is 6.25. The Hall–Kier alpha value is -1.10. The van der Waals surface area contributed by atoms with E-state index in [1.54, 1.807) is 0 Å². The number of carbonyl (C=O) groups excluding carboxylic acids is 2. The first kappa shape index (κ1) is 45.9. The van der Waals surface area contributed by atoms with Gasteiger partial charge in [0.25, 0.3) is 0 Å². The van der Waals surface area contributed by atoms with Crippen molar-refractivity contribution in [1.29, 1.82) is 0 Å². The van der Waals surface area contributed by atoms with E-state index in [4.69, 9.17) is 9.47 Å². The summed E-state index contributed by atoms with van der Waals surface area (Å²) in [6.07, 6.45) is 37.3. The maximum Gasteiger partial charge on any atom is 0.305 e. The van der Waals surface area contributed by atoms with Crippen LogP contribution in [0.15, 0.2) is 0 Å². The summed E-state index contributed by atoms with van der Waals surface area (Å²) >= 11 is 0. The molecule has 1 N–H and O–H groups in total. The first-order valence-electron chi connectivity index (χ1n) is 20.8. The topological polar surface area (TPSA) is 72.8 Å². The molecule has 0 saturated carbocycles. The van der Waals surface area contributed by atoms with Gasteiger partial charge in [-0.05, 0) is 24.7 Å². The fourth-order valence-corrected chi connectivity index (χ4v) is 6.25. The number of aliphatic hydroxyl groups excluding tert-OH is 1. The van der Waals surface area contributed by atoms with Gasteiger partial charge in [0, 0.05) is 12.8 Å². The number of aliphatic hydroxyl groups is 1. The van der Waals surface area contributed by atoms with Crippen molar-refractivity contribution in [2.75, 3.05) is 13.2 Å². The summed E-state index contributed by atoms with van der Waals surface area (Å²) in [5.74, 6) is 1.17. The molecule has 0 bridgehead atoms. The monoisotopic (exact) mass is 667 g/mol. The van der Waals surface area contributed by atoms with Crippen molar-refractivity contribution in [3.05, 3.63) is 0 Å². The number of carbonyl (C=O) groups is 2. The number of ether oxygens (including phenoxy) is 2. The zero-order valence-electron chi connectivity index (χ0n) is 32.1. The number of unbranched alkanes of at least 4 members (excludes halogenated alkanes) is 24. The van der Waals surface area contributed by atoms with Crippen molar-refractivity contribution in [2.45, 2.75) is 233 Å². The van der Waals surface area contributed by atoms with Gasteiger partial charge in [0.1, 0.15) is 19.3 Å². The summed E-state index contributed by atoms with van der Waals surface area (Å²) in [5, 5.41) is 10.0. The lowest BCUT2D eigenvalue weighted by molar-refractivity contribution is -0.152. The lowest BCUT2D eigenvalue weighted by Crippen LogP contribution is -2.25. The van der Waals surface area contributed by atoms with Gasteiger partial charge in [0.15, 0.2) is 0 Å². The second kappa shape index (κ2) is 36.2. The summed E-state index contributed by atoms with van der Waals surface area (Å²) < 4.78 is 10.3. The minimum Gasteiger partial charge on any atom is -0.463 e. The van der Waals surface area contributed by atoms with E-state index in [1.807, 2.05) is 0 Å². The van der Waals surface area contributed by atoms with Crippen molar-refractivity contribution in [1.82, 2.24) is 0 Å². The van der Waals surface area contributed by atoms with Crippen molar-refractivity contribution in [3.63, 3.8) is 0 Å². The third-order valence-corrected chi connectivity index (χ3v) is 9.81. The number of hydrogen-bond donors (Lipinski definition) is 1. The van der Waals surface area contributed by atoms with Crippen molar-refractivity contribution in [3.8, 4) is 0 Å². The smallest absolute Gasteiger partial charge is 0.305 e. The van der Waals surface area contributed by atoms with Crippen LogP contribution < -0.4 is 0 Å². The van der Waals surface area contributed by atoms with Crippen LogP contribution in [0.25, 0.3) is 0 Å². The molecule has 5 nitrogen and oxygen atoms in total. The zero-order chi connectivity index (χ0) is 34.6. The molecule has 0 saturated heterocycles. The molecule has 0 aliphatic rings. The zero-order valence-corrected chi connectivity index (χ0v) is 32.1. The molecule has 280 valence electrons. The van der Waals surface area contributed by atoms with Gasteiger partial charge in [0.05, 0.1) is 0 Å². The first-order chi connectivity index (χ1) is 22.8. The summed E-state index contributed by atoms with van der Waals surface area (Å²) in [7, 11) is 0. The molecule has 1 unspecified atom stereocenters. The van der Waals surface area contributed by atoms with Crippen molar-refractivity contribution in [2.24, 2.45) is 11.8 Å². The number of hydrogen-bond acceptors (Lipinski definition) is 5. The molecule has 5 heteroatoms. The molecule has 0 amide bonds. The van der Waals surface area contributed by atoms with Crippen LogP contribution >= 0.6 is 0 Å². The Balaban J connectivity index is 3.36. The Labute approximate surface area is 293 Å². The Morgan fingerprint density at radius 3 is 1.02 bits per heavy atom. The summed E-state index contributed by atoms with van der Waals surface area (Å²) in [6.45, 7) is 9.04. The molecule has 2 atom stereocenters. The lowest BCUT2D eigenvalue weighted by Gasteiger charge is -2.12. The van der Waals surface area contributed by atoms with Crippen LogP contribution in [0, 0.1) is 11.8 Å². The van der Waals surface area contributed by atoms with Gasteiger partial charge in [-0.2, -0.15) is 0 Å². The van der Waals surface area contributed by atoms with Crippen LogP contribution in [0.2, 0.25) is 0 Å². The van der Waals surface area contributed by atoms with E-state index in [-0.39, 0.29) is 25.2 Å². The Bertz CT molecular complexity index is 663. The van der Waals surface area contributed by atoms with E-state index in [1.165, 1.54) is 154 Å². The maximum atomic E-state index is 12.0. The quantitative estimate of drug-likeness (QED) is 0.0527. The van der Waals surface area contributed by atoms with E-state index in [2.05, 4.69) is 27.7 Å². The van der Waals surface area contributed by atoms with E-state index in [0.29, 0.717) is 12.8 Å². The van der Waals surface area contributed by atoms with Crippen LogP contribution in [-0.4, -0.2) is 36.4 Å². The average molecular weight is 667 g/mol. The van der Waals surface area contributed by atoms with Gasteiger partial charge in [-0.25, -0.2) is 0 Å². The molecule has 0 aliphatic heterocycles. The highest BCUT2D eigenvalue weighted by molar-refractivity contribution is 5.69. The molecular formula is C42H82O5.